The van der Waals surface area contributed by atoms with E-state index >= 15 is 4.79 Å². The fraction of sp³-hybridized carbons (Fsp3) is 0.690. The maximum absolute atomic E-state index is 15.1. The second kappa shape index (κ2) is 45.8. The molecule has 8 amide bonds. The van der Waals surface area contributed by atoms with E-state index in [1.807, 2.05) is 100 Å². The Morgan fingerprint density at radius 2 is 1.40 bits per heavy atom. The molecule has 27 nitrogen and oxygen atoms in total. The number of rotatable bonds is 52. The number of alkyl carbamates (subject to hydrolysis) is 1. The summed E-state index contributed by atoms with van der Waals surface area (Å²) < 4.78 is 23.7. The Morgan fingerprint density at radius 3 is 1.99 bits per heavy atom. The van der Waals surface area contributed by atoms with Crippen LogP contribution in [0.4, 0.5) is 4.79 Å². The Balaban J connectivity index is 1.15. The van der Waals surface area contributed by atoms with Crippen LogP contribution in [0.2, 0.25) is 0 Å². The van der Waals surface area contributed by atoms with Crippen molar-refractivity contribution in [2.45, 2.75) is 259 Å². The fourth-order valence-corrected chi connectivity index (χ4v) is 16.9. The number of thioether (sulfide) groups is 1. The number of benzene rings is 2. The molecule has 1 aliphatic carbocycles. The summed E-state index contributed by atoms with van der Waals surface area (Å²) in [5, 5.41) is 17.1. The number of hydrogen-bond donors (Lipinski definition) is 5. The predicted octanol–water partition coefficient (Wildman–Crippen LogP) is 9.12. The van der Waals surface area contributed by atoms with Gasteiger partial charge in [0.05, 0.1) is 73.5 Å². The number of carboxylic acids is 1. The number of likely N-dealkylation sites (N-methyl/N-ethyl adjacent to an activating group) is 2. The van der Waals surface area contributed by atoms with E-state index in [-0.39, 0.29) is 180 Å². The van der Waals surface area contributed by atoms with Crippen LogP contribution in [0.5, 0.6) is 0 Å². The number of aryl methyl sites for hydroxylation is 2. The van der Waals surface area contributed by atoms with Crippen molar-refractivity contribution in [1.29, 1.82) is 0 Å². The van der Waals surface area contributed by atoms with Gasteiger partial charge in [-0.15, -0.1) is 11.8 Å². The lowest BCUT2D eigenvalue weighted by molar-refractivity contribution is -0.149. The number of ether oxygens (including phenoxy) is 4. The number of aliphatic carboxylic acids is 1. The highest BCUT2D eigenvalue weighted by atomic mass is 32.2. The molecule has 12 atom stereocenters. The molecule has 2 heterocycles. The molecule has 112 heavy (non-hydrogen) atoms. The molecule has 28 heteroatoms. The van der Waals surface area contributed by atoms with Gasteiger partial charge in [-0.3, -0.25) is 72.1 Å². The van der Waals surface area contributed by atoms with Gasteiger partial charge in [0.15, 0.2) is 17.3 Å². The Labute approximate surface area is 666 Å². The third-order valence-corrected chi connectivity index (χ3v) is 24.0. The third-order valence-electron chi connectivity index (χ3n) is 22.4. The van der Waals surface area contributed by atoms with Crippen molar-refractivity contribution >= 4 is 94.3 Å². The van der Waals surface area contributed by atoms with Gasteiger partial charge in [0.25, 0.3) is 0 Å². The largest absolute Gasteiger partial charge is 0.481 e. The summed E-state index contributed by atoms with van der Waals surface area (Å²) in [4.78, 5) is 194. The van der Waals surface area contributed by atoms with Crippen LogP contribution in [-0.4, -0.2) is 222 Å². The number of likely N-dealkylation sites (tertiary alicyclic amines) is 2. The van der Waals surface area contributed by atoms with E-state index in [9.17, 15) is 67.4 Å². The first-order chi connectivity index (χ1) is 52.9. The van der Waals surface area contributed by atoms with Crippen molar-refractivity contribution in [3.63, 3.8) is 0 Å². The number of carbonyl (C=O) groups is 14. The van der Waals surface area contributed by atoms with Gasteiger partial charge in [-0.05, 0) is 119 Å². The smallest absolute Gasteiger partial charge is 0.407 e. The number of ketones is 4. The minimum absolute atomic E-state index is 0.00975. The monoisotopic (exact) mass is 1580 g/mol. The van der Waals surface area contributed by atoms with Crippen LogP contribution in [0.1, 0.15) is 217 Å². The number of nitrogens with one attached hydrogen (secondary N) is 3. The van der Waals surface area contributed by atoms with Gasteiger partial charge in [-0.2, -0.15) is 0 Å². The van der Waals surface area contributed by atoms with Crippen molar-refractivity contribution in [2.75, 3.05) is 67.3 Å². The Hall–Kier alpha value is -7.95. The third kappa shape index (κ3) is 29.2. The summed E-state index contributed by atoms with van der Waals surface area (Å²) >= 11 is 1.36. The van der Waals surface area contributed by atoms with E-state index in [0.717, 1.165) is 24.0 Å². The first-order valence-corrected chi connectivity index (χ1v) is 41.1. The number of carbonyl (C=O) groups excluding carboxylic acids is 13. The molecule has 5 rings (SSSR count). The maximum Gasteiger partial charge on any atom is 0.407 e. The average Bonchev–Trinajstić information content (AvgIpc) is 1.58. The van der Waals surface area contributed by atoms with Gasteiger partial charge >= 0.3 is 18.0 Å². The van der Waals surface area contributed by atoms with Crippen LogP contribution < -0.4 is 21.7 Å². The average molecular weight is 1590 g/mol. The molecule has 624 valence electrons. The highest BCUT2D eigenvalue weighted by Gasteiger charge is 2.49. The van der Waals surface area contributed by atoms with E-state index in [2.05, 4.69) is 16.0 Å². The number of amides is 8. The standard InChI is InChI=1S/C84H128N8O19S/c1-17-54(9)77(90(14)81(105)63(51(4)5)42-67(95)76(52(6)7)89(12)13)69(108-15)43-72(98)92-47-60(41-65(92)78(109-16)56(11)79(103)87-46-68(96)61-33-28-53(8)38-55(61)10)111-83(107)86-36-23-27-75(102)110-48-58-31-29-57(30-32-58)39-66(94)64(25-20-21-26-71(85)97)88-80(104)62(50(2)3)40-59(93)24-19-18-22-37-91-73(99)44-70(82(91)106)112-49-84(34-35-84)45-74(100)101/h28-33,38,50-52,54,56,60,62-65,69-70,76-78H,17-27,34-37,39-49H2,1-16H3,(H2,85,97)(H,86,107)(H,87,103)(H,88,104)(H,100,101)/t54-,56+,60-,62-,63-,64-,65-,69+,70?,76-,77-,78+/m0/s1. The number of carboxylic acid groups (broad SMARTS) is 1. The molecular weight excluding hydrogens is 1460 g/mol. The molecule has 6 N–H and O–H groups in total. The van der Waals surface area contributed by atoms with Crippen molar-refractivity contribution in [1.82, 2.24) is 35.6 Å². The lowest BCUT2D eigenvalue weighted by Gasteiger charge is -2.41. The van der Waals surface area contributed by atoms with E-state index < -0.39 is 107 Å². The van der Waals surface area contributed by atoms with Crippen molar-refractivity contribution < 1.29 is 91.2 Å². The normalized spacial score (nSPS) is 18.4. The van der Waals surface area contributed by atoms with Gasteiger partial charge in [0.2, 0.25) is 41.4 Å². The minimum atomic E-state index is -0.968. The number of primary amides is 1. The first-order valence-electron chi connectivity index (χ1n) is 40.0. The summed E-state index contributed by atoms with van der Waals surface area (Å²) in [6.07, 6.45) is 1.47. The van der Waals surface area contributed by atoms with E-state index in [4.69, 9.17) is 24.7 Å². The quantitative estimate of drug-likeness (QED) is 0.0178. The number of esters is 1. The van der Waals surface area contributed by atoms with Crippen molar-refractivity contribution in [3.05, 3.63) is 70.3 Å². The van der Waals surface area contributed by atoms with Crippen LogP contribution in [0.15, 0.2) is 42.5 Å². The number of methoxy groups -OCH3 is 2. The Kier molecular flexibility index (Phi) is 38.7. The molecule has 1 saturated carbocycles. The second-order valence-corrected chi connectivity index (χ2v) is 33.8. The fourth-order valence-electron chi connectivity index (χ4n) is 15.5. The number of hydrogen-bond acceptors (Lipinski definition) is 20. The minimum Gasteiger partial charge on any atom is -0.481 e. The van der Waals surface area contributed by atoms with Crippen LogP contribution in [0.3, 0.4) is 0 Å². The lowest BCUT2D eigenvalue weighted by atomic mass is 9.83. The number of unbranched alkanes of at least 4 members (excludes halogenated alkanes) is 3. The van der Waals surface area contributed by atoms with Gasteiger partial charge in [0, 0.05) is 109 Å². The van der Waals surface area contributed by atoms with Gasteiger partial charge in [0.1, 0.15) is 18.5 Å². The van der Waals surface area contributed by atoms with Crippen LogP contribution in [-0.2, 0) is 89.5 Å². The molecule has 2 saturated heterocycles. The van der Waals surface area contributed by atoms with Crippen LogP contribution in [0, 0.1) is 60.7 Å². The van der Waals surface area contributed by atoms with Crippen molar-refractivity contribution in [3.8, 4) is 0 Å². The van der Waals surface area contributed by atoms with Crippen molar-refractivity contribution in [2.24, 2.45) is 52.6 Å². The summed E-state index contributed by atoms with van der Waals surface area (Å²) in [5.74, 6) is -7.26. The Morgan fingerprint density at radius 1 is 0.741 bits per heavy atom. The molecule has 0 radical (unpaired) electrons. The summed E-state index contributed by atoms with van der Waals surface area (Å²) in [7, 11) is 8.28. The number of Topliss-reactive ketones (excluding diaryl/α,β-unsaturated/α-hetero) is 4. The zero-order chi connectivity index (χ0) is 83.4. The molecule has 3 aliphatic rings. The van der Waals surface area contributed by atoms with Gasteiger partial charge in [-0.1, -0.05) is 130 Å². The highest BCUT2D eigenvalue weighted by molar-refractivity contribution is 8.00. The molecule has 2 aromatic carbocycles. The molecular formula is C84H128N8O19S. The number of nitrogens with two attached hydrogens (primary N) is 1. The summed E-state index contributed by atoms with van der Waals surface area (Å²) in [6, 6.07) is 9.48. The van der Waals surface area contributed by atoms with Crippen LogP contribution >= 0.6 is 11.8 Å². The molecule has 0 aromatic heterocycles. The SMILES string of the molecule is CC[C@H](C)[C@@H]([C@@H](CC(=O)N1C[C@@H](OC(=O)NCCCC(=O)OCc2ccc(CC(=O)[C@H](CCCCC(N)=O)NC(=O)[C@@H](CC(=O)CCCCCN3C(=O)CC(SCC4(CC(=O)O)CC4)C3=O)C(C)C)cc2)C[C@H]1[C@H](OC)[C@@H](C)C(=O)NCC(=O)c1ccc(C)cc1C)OC)N(C)C(=O)[C@@H](CC(=O)[C@H](C(C)C)N(C)C)C(C)C. The molecule has 1 unspecified atom stereocenters. The van der Waals surface area contributed by atoms with Crippen LogP contribution in [0.25, 0.3) is 0 Å². The zero-order valence-electron chi connectivity index (χ0n) is 69.2. The summed E-state index contributed by atoms with van der Waals surface area (Å²) in [6.45, 7) is 20.5. The second-order valence-electron chi connectivity index (χ2n) is 32.6. The van der Waals surface area contributed by atoms with E-state index in [1.54, 1.807) is 49.2 Å². The zero-order valence-corrected chi connectivity index (χ0v) is 70.0. The maximum atomic E-state index is 15.1. The van der Waals surface area contributed by atoms with E-state index in [1.165, 1.54) is 35.8 Å². The number of nitrogens with zero attached hydrogens (tertiary/aromatic N) is 4. The van der Waals surface area contributed by atoms with Gasteiger partial charge in [-0.25, -0.2) is 4.79 Å². The van der Waals surface area contributed by atoms with E-state index in [0.29, 0.717) is 61.0 Å². The van der Waals surface area contributed by atoms with Gasteiger partial charge < -0.3 is 55.5 Å². The molecule has 2 aromatic rings. The topological polar surface area (TPSA) is 371 Å². The molecule has 3 fully saturated rings. The predicted molar refractivity (Wildman–Crippen MR) is 425 cm³/mol. The summed E-state index contributed by atoms with van der Waals surface area (Å²) in [5.41, 5.74) is 8.55. The highest BCUT2D eigenvalue weighted by Crippen LogP contribution is 2.52. The molecule has 0 spiro atoms. The number of imide groups is 1. The molecule has 2 aliphatic heterocycles. The Bertz CT molecular complexity index is 3550. The lowest BCUT2D eigenvalue weighted by Crippen LogP contribution is -2.54. The first kappa shape index (κ1) is 94.6. The molecule has 0 bridgehead atoms.